The molecule has 1 amide bonds. The van der Waals surface area contributed by atoms with E-state index < -0.39 is 17.8 Å². The number of fused-ring (bicyclic) bond motifs is 1. The number of hydrogen-bond donors (Lipinski definition) is 2. The van der Waals surface area contributed by atoms with Crippen LogP contribution < -0.4 is 5.32 Å². The van der Waals surface area contributed by atoms with Gasteiger partial charge in [-0.2, -0.15) is 0 Å². The van der Waals surface area contributed by atoms with E-state index in [2.05, 4.69) is 5.32 Å². The van der Waals surface area contributed by atoms with Crippen molar-refractivity contribution in [2.45, 2.75) is 72.1 Å². The van der Waals surface area contributed by atoms with Crippen LogP contribution >= 0.6 is 11.3 Å². The smallest absolute Gasteiger partial charge is 0.341 e. The first kappa shape index (κ1) is 22.5. The van der Waals surface area contributed by atoms with Gasteiger partial charge < -0.3 is 15.2 Å². The van der Waals surface area contributed by atoms with E-state index in [-0.39, 0.29) is 11.9 Å². The molecule has 0 spiro atoms. The summed E-state index contributed by atoms with van der Waals surface area (Å²) in [6.07, 6.45) is 6.32. The molecule has 0 saturated heterocycles. The highest BCUT2D eigenvalue weighted by molar-refractivity contribution is 7.17. The Balaban J connectivity index is 1.86. The summed E-state index contributed by atoms with van der Waals surface area (Å²) >= 11 is 1.44. The molecule has 164 valence electrons. The van der Waals surface area contributed by atoms with Crippen LogP contribution in [0.4, 0.5) is 5.00 Å². The molecule has 30 heavy (non-hydrogen) atoms. The molecule has 0 aromatic carbocycles. The Morgan fingerprint density at radius 2 is 1.77 bits per heavy atom. The maximum absolute atomic E-state index is 13.1. The third-order valence-electron chi connectivity index (χ3n) is 6.26. The second kappa shape index (κ2) is 9.77. The summed E-state index contributed by atoms with van der Waals surface area (Å²) in [6.45, 7) is 6.28. The Labute approximate surface area is 181 Å². The zero-order valence-electron chi connectivity index (χ0n) is 18.0. The summed E-state index contributed by atoms with van der Waals surface area (Å²) in [7, 11) is 0. The quantitative estimate of drug-likeness (QED) is 0.360. The van der Waals surface area contributed by atoms with Crippen molar-refractivity contribution < 1.29 is 24.2 Å². The number of thiophene rings is 1. The number of aryl methyl sites for hydroxylation is 1. The number of carbonyl (C=O) groups is 3. The highest BCUT2D eigenvalue weighted by atomic mass is 32.1. The van der Waals surface area contributed by atoms with Gasteiger partial charge in [0.15, 0.2) is 0 Å². The van der Waals surface area contributed by atoms with Crippen molar-refractivity contribution in [1.82, 2.24) is 0 Å². The molecule has 2 atom stereocenters. The molecular formula is C23H31NO5S. The maximum atomic E-state index is 13.1. The topological polar surface area (TPSA) is 92.7 Å². The summed E-state index contributed by atoms with van der Waals surface area (Å²) in [5, 5.41) is 13.1. The molecule has 0 saturated carbocycles. The van der Waals surface area contributed by atoms with Crippen molar-refractivity contribution in [2.24, 2.45) is 11.8 Å². The first-order chi connectivity index (χ1) is 14.3. The van der Waals surface area contributed by atoms with Crippen LogP contribution in [0.1, 0.15) is 80.1 Å². The number of nitrogens with one attached hydrogen (secondary N) is 1. The van der Waals surface area contributed by atoms with E-state index in [9.17, 15) is 19.5 Å². The van der Waals surface area contributed by atoms with Gasteiger partial charge in [-0.1, -0.05) is 24.5 Å². The lowest BCUT2D eigenvalue weighted by molar-refractivity contribution is -0.146. The summed E-state index contributed by atoms with van der Waals surface area (Å²) < 4.78 is 5.47. The number of anilines is 1. The Morgan fingerprint density at radius 1 is 1.10 bits per heavy atom. The van der Waals surface area contributed by atoms with Crippen molar-refractivity contribution in [1.29, 1.82) is 0 Å². The number of carboxylic acid groups (broad SMARTS) is 1. The zero-order valence-corrected chi connectivity index (χ0v) is 18.8. The monoisotopic (exact) mass is 433 g/mol. The van der Waals surface area contributed by atoms with E-state index >= 15 is 0 Å². The summed E-state index contributed by atoms with van der Waals surface area (Å²) in [5.74, 6) is -3.05. The largest absolute Gasteiger partial charge is 0.481 e. The number of unbranched alkanes of at least 4 members (excludes halogenated alkanes) is 1. The molecule has 2 N–H and O–H groups in total. The number of esters is 1. The van der Waals surface area contributed by atoms with Crippen LogP contribution in [0.3, 0.4) is 0 Å². The molecule has 1 aromatic rings. The minimum atomic E-state index is -0.952. The second-order valence-corrected chi connectivity index (χ2v) is 9.52. The fourth-order valence-electron chi connectivity index (χ4n) is 4.28. The Morgan fingerprint density at radius 3 is 2.43 bits per heavy atom. The fourth-order valence-corrected chi connectivity index (χ4v) is 5.56. The number of ether oxygens (including phenoxy) is 1. The predicted molar refractivity (Wildman–Crippen MR) is 117 cm³/mol. The molecule has 6 nitrogen and oxygen atoms in total. The molecule has 7 heteroatoms. The number of carbonyl (C=O) groups excluding carboxylic acids is 2. The van der Waals surface area contributed by atoms with Crippen LogP contribution in [-0.4, -0.2) is 29.6 Å². The van der Waals surface area contributed by atoms with E-state index in [1.165, 1.54) is 11.3 Å². The normalized spacial score (nSPS) is 21.2. The average Bonchev–Trinajstić information content (AvgIpc) is 3.07. The lowest BCUT2D eigenvalue weighted by Gasteiger charge is -2.29. The third-order valence-corrected chi connectivity index (χ3v) is 7.47. The van der Waals surface area contributed by atoms with Gasteiger partial charge >= 0.3 is 11.9 Å². The molecular weight excluding hydrogens is 402 g/mol. The third kappa shape index (κ3) is 4.77. The molecule has 0 radical (unpaired) electrons. The first-order valence-corrected chi connectivity index (χ1v) is 11.7. The molecule has 2 aliphatic carbocycles. The second-order valence-electron chi connectivity index (χ2n) is 8.41. The number of amides is 1. The zero-order chi connectivity index (χ0) is 21.8. The maximum Gasteiger partial charge on any atom is 0.341 e. The van der Waals surface area contributed by atoms with Crippen molar-refractivity contribution in [3.63, 3.8) is 0 Å². The molecule has 2 aliphatic rings. The van der Waals surface area contributed by atoms with E-state index in [0.29, 0.717) is 30.0 Å². The lowest BCUT2D eigenvalue weighted by atomic mass is 9.76. The van der Waals surface area contributed by atoms with Crippen LogP contribution in [0.25, 0.3) is 0 Å². The molecule has 1 heterocycles. The molecule has 0 unspecified atom stereocenters. The summed E-state index contributed by atoms with van der Waals surface area (Å²) in [6, 6.07) is 0. The summed E-state index contributed by atoms with van der Waals surface area (Å²) in [5.41, 5.74) is 3.58. The minimum absolute atomic E-state index is 0.324. The predicted octanol–water partition coefficient (Wildman–Crippen LogP) is 4.97. The van der Waals surface area contributed by atoms with Gasteiger partial charge in [-0.25, -0.2) is 4.79 Å². The van der Waals surface area contributed by atoms with Crippen molar-refractivity contribution in [2.75, 3.05) is 11.9 Å². The number of allylic oxidation sites excluding steroid dienone is 2. The van der Waals surface area contributed by atoms with E-state index in [4.69, 9.17) is 4.74 Å². The van der Waals surface area contributed by atoms with Crippen LogP contribution in [-0.2, 0) is 27.2 Å². The molecule has 1 aromatic heterocycles. The standard InChI is InChI=1S/C23H31NO5S/c1-4-5-10-29-23(28)19-15-8-6-7-9-18(15)30-21(19)24-20(25)16-11-13(2)14(3)12-17(16)22(26)27/h16-17H,4-12H2,1-3H3,(H,24,25)(H,26,27)/t16-,17+/m0/s1. The van der Waals surface area contributed by atoms with Gasteiger partial charge in [0, 0.05) is 4.88 Å². The number of rotatable bonds is 7. The van der Waals surface area contributed by atoms with Gasteiger partial charge in [0.1, 0.15) is 5.00 Å². The molecule has 0 fully saturated rings. The van der Waals surface area contributed by atoms with E-state index in [1.807, 2.05) is 20.8 Å². The van der Waals surface area contributed by atoms with Crippen molar-refractivity contribution in [3.05, 3.63) is 27.2 Å². The van der Waals surface area contributed by atoms with E-state index in [0.717, 1.165) is 60.1 Å². The van der Waals surface area contributed by atoms with E-state index in [1.54, 1.807) is 0 Å². The fraction of sp³-hybridized carbons (Fsp3) is 0.609. The molecule has 3 rings (SSSR count). The lowest BCUT2D eigenvalue weighted by Crippen LogP contribution is -2.36. The average molecular weight is 434 g/mol. The van der Waals surface area contributed by atoms with Gasteiger partial charge in [-0.15, -0.1) is 11.3 Å². The Kier molecular flexibility index (Phi) is 7.34. The Hall–Kier alpha value is -2.15. The molecule has 0 aliphatic heterocycles. The first-order valence-electron chi connectivity index (χ1n) is 10.8. The highest BCUT2D eigenvalue weighted by Gasteiger charge is 2.38. The number of hydrogen-bond acceptors (Lipinski definition) is 5. The number of aliphatic carboxylic acids is 1. The van der Waals surface area contributed by atoms with Crippen LogP contribution in [0.15, 0.2) is 11.1 Å². The Bertz CT molecular complexity index is 869. The van der Waals surface area contributed by atoms with Gasteiger partial charge in [0.25, 0.3) is 0 Å². The minimum Gasteiger partial charge on any atom is -0.481 e. The van der Waals surface area contributed by atoms with Gasteiger partial charge in [0.2, 0.25) is 5.91 Å². The van der Waals surface area contributed by atoms with Gasteiger partial charge in [0.05, 0.1) is 24.0 Å². The van der Waals surface area contributed by atoms with Gasteiger partial charge in [-0.05, 0) is 64.4 Å². The van der Waals surface area contributed by atoms with Crippen LogP contribution in [0.5, 0.6) is 0 Å². The number of carboxylic acids is 1. The van der Waals surface area contributed by atoms with Crippen molar-refractivity contribution >= 4 is 34.2 Å². The van der Waals surface area contributed by atoms with Crippen molar-refractivity contribution in [3.8, 4) is 0 Å². The molecule has 0 bridgehead atoms. The van der Waals surface area contributed by atoms with Crippen LogP contribution in [0.2, 0.25) is 0 Å². The SMILES string of the molecule is CCCCOC(=O)c1c(NC(=O)[C@H]2CC(C)=C(C)C[C@H]2C(=O)O)sc2c1CCCC2. The summed E-state index contributed by atoms with van der Waals surface area (Å²) in [4.78, 5) is 38.9. The highest BCUT2D eigenvalue weighted by Crippen LogP contribution is 2.40. The van der Waals surface area contributed by atoms with Gasteiger partial charge in [-0.3, -0.25) is 9.59 Å². The van der Waals surface area contributed by atoms with Crippen LogP contribution in [0, 0.1) is 11.8 Å².